The number of aromatic nitrogens is 1. The Hall–Kier alpha value is -3.16. The second kappa shape index (κ2) is 12.2. The molecule has 1 aliphatic carbocycles. The number of para-hydroxylation sites is 1. The van der Waals surface area contributed by atoms with Crippen LogP contribution in [-0.2, 0) is 0 Å². The summed E-state index contributed by atoms with van der Waals surface area (Å²) >= 11 is 0. The molecule has 3 rings (SSSR count). The van der Waals surface area contributed by atoms with Crippen LogP contribution in [-0.4, -0.2) is 42.2 Å². The van der Waals surface area contributed by atoms with Gasteiger partial charge in [0.25, 0.3) is 5.91 Å². The first-order chi connectivity index (χ1) is 16.0. The van der Waals surface area contributed by atoms with Crippen LogP contribution in [0.3, 0.4) is 0 Å². The van der Waals surface area contributed by atoms with Gasteiger partial charge in [0, 0.05) is 35.9 Å². The molecule has 0 bridgehead atoms. The minimum Gasteiger partial charge on any atom is -0.404 e. The summed E-state index contributed by atoms with van der Waals surface area (Å²) in [6, 6.07) is 9.40. The average molecular weight is 450 g/mol. The number of hydrogen-bond acceptors (Lipinski definition) is 6. The molecule has 0 aliphatic heterocycles. The first-order valence-corrected chi connectivity index (χ1v) is 11.6. The molecule has 7 N–H and O–H groups in total. The fourth-order valence-electron chi connectivity index (χ4n) is 4.21. The summed E-state index contributed by atoms with van der Waals surface area (Å²) in [5, 5.41) is 15.9. The largest absolute Gasteiger partial charge is 0.404 e. The van der Waals surface area contributed by atoms with Crippen molar-refractivity contribution in [2.75, 3.05) is 26.2 Å². The highest BCUT2D eigenvalue weighted by Gasteiger charge is 2.21. The van der Waals surface area contributed by atoms with Crippen LogP contribution in [0.1, 0.15) is 41.7 Å². The topological polar surface area (TPSA) is 126 Å². The van der Waals surface area contributed by atoms with Crippen molar-refractivity contribution in [1.82, 2.24) is 15.6 Å². The van der Waals surface area contributed by atoms with Crippen molar-refractivity contribution >= 4 is 22.4 Å². The Balaban J connectivity index is 1.79. The van der Waals surface area contributed by atoms with E-state index in [2.05, 4.69) is 17.2 Å². The first-order valence-electron chi connectivity index (χ1n) is 11.6. The summed E-state index contributed by atoms with van der Waals surface area (Å²) in [7, 11) is 0. The number of carbonyl (C=O) groups excluding carboxylic acids is 1. The Kier molecular flexibility index (Phi) is 9.04. The van der Waals surface area contributed by atoms with Gasteiger partial charge in [0.1, 0.15) is 0 Å². The third-order valence-electron chi connectivity index (χ3n) is 6.22. The second-order valence-corrected chi connectivity index (χ2v) is 8.54. The molecule has 33 heavy (non-hydrogen) atoms. The molecule has 2 aromatic rings. The molecule has 176 valence electrons. The first kappa shape index (κ1) is 24.5. The number of nitrogens with two attached hydrogens (primary N) is 2. The van der Waals surface area contributed by atoms with Crippen LogP contribution in [0.25, 0.3) is 16.5 Å². The molecule has 0 unspecified atom stereocenters. The number of amides is 1. The molecule has 0 spiro atoms. The zero-order chi connectivity index (χ0) is 23.6. The van der Waals surface area contributed by atoms with Crippen molar-refractivity contribution < 1.29 is 9.90 Å². The molecular weight excluding hydrogens is 414 g/mol. The van der Waals surface area contributed by atoms with Gasteiger partial charge >= 0.3 is 0 Å². The molecule has 1 aromatic heterocycles. The Morgan fingerprint density at radius 3 is 2.58 bits per heavy atom. The van der Waals surface area contributed by atoms with Gasteiger partial charge in [-0.05, 0) is 68.3 Å². The maximum absolute atomic E-state index is 13.2. The normalized spacial score (nSPS) is 19.0. The van der Waals surface area contributed by atoms with Gasteiger partial charge < -0.3 is 27.2 Å². The van der Waals surface area contributed by atoms with Crippen LogP contribution in [0.4, 0.5) is 0 Å². The molecule has 0 radical (unpaired) electrons. The molecule has 7 heteroatoms. The smallest absolute Gasteiger partial charge is 0.252 e. The van der Waals surface area contributed by atoms with Gasteiger partial charge in [0.05, 0.1) is 23.4 Å². The van der Waals surface area contributed by atoms with Gasteiger partial charge in [0.15, 0.2) is 0 Å². The monoisotopic (exact) mass is 449 g/mol. The van der Waals surface area contributed by atoms with Gasteiger partial charge in [0.2, 0.25) is 0 Å². The van der Waals surface area contributed by atoms with Crippen LogP contribution in [0, 0.1) is 11.8 Å². The van der Waals surface area contributed by atoms with Crippen LogP contribution in [0.15, 0.2) is 61.0 Å². The van der Waals surface area contributed by atoms with E-state index in [0.29, 0.717) is 47.5 Å². The number of nitrogens with one attached hydrogen (secondary N) is 2. The van der Waals surface area contributed by atoms with E-state index in [1.807, 2.05) is 24.3 Å². The van der Waals surface area contributed by atoms with Crippen molar-refractivity contribution in [3.05, 3.63) is 72.2 Å². The zero-order valence-corrected chi connectivity index (χ0v) is 19.1. The van der Waals surface area contributed by atoms with Crippen LogP contribution >= 0.6 is 0 Å². The summed E-state index contributed by atoms with van der Waals surface area (Å²) in [6.07, 6.45) is 9.49. The Morgan fingerprint density at radius 2 is 1.88 bits per heavy atom. The highest BCUT2D eigenvalue weighted by atomic mass is 16.3. The zero-order valence-electron chi connectivity index (χ0n) is 19.1. The second-order valence-electron chi connectivity index (χ2n) is 8.54. The fourth-order valence-corrected chi connectivity index (χ4v) is 4.21. The number of fused-ring (bicyclic) bond motifs is 1. The SMILES string of the molecule is C=C(/C=C\C(=C/N)c1cc(C(=O)NC[C@H]2CC[C@H](CN)CC2)c2ccccc2n1)NCCO. The molecule has 7 nitrogen and oxygen atoms in total. The van der Waals surface area contributed by atoms with E-state index in [4.69, 9.17) is 21.6 Å². The predicted molar refractivity (Wildman–Crippen MR) is 134 cm³/mol. The minimum atomic E-state index is -0.106. The van der Waals surface area contributed by atoms with E-state index in [1.165, 1.54) is 6.20 Å². The lowest BCUT2D eigenvalue weighted by Crippen LogP contribution is -2.32. The summed E-state index contributed by atoms with van der Waals surface area (Å²) in [4.78, 5) is 17.9. The Morgan fingerprint density at radius 1 is 1.15 bits per heavy atom. The molecule has 1 aromatic carbocycles. The standard InChI is InChI=1S/C26H35N5O2/c1-18(29-12-13-32)6-11-21(16-28)25-14-23(22-4-2-3-5-24(22)31-25)26(33)30-17-20-9-7-19(15-27)8-10-20/h2-6,11,14,16,19-20,29,32H,1,7-10,12-13,15,17,27-28H2,(H,30,33)/b11-6-,21-16+/t19-,20-. The van der Waals surface area contributed by atoms with E-state index in [-0.39, 0.29) is 12.5 Å². The minimum absolute atomic E-state index is 0.0194. The van der Waals surface area contributed by atoms with Crippen molar-refractivity contribution in [2.24, 2.45) is 23.3 Å². The average Bonchev–Trinajstić information content (AvgIpc) is 2.86. The van der Waals surface area contributed by atoms with Gasteiger partial charge in [-0.2, -0.15) is 0 Å². The lowest BCUT2D eigenvalue weighted by molar-refractivity contribution is 0.0943. The highest BCUT2D eigenvalue weighted by molar-refractivity contribution is 6.07. The fraction of sp³-hybridized carbons (Fsp3) is 0.385. The molecule has 1 heterocycles. The van der Waals surface area contributed by atoms with Crippen LogP contribution in [0.5, 0.6) is 0 Å². The van der Waals surface area contributed by atoms with Crippen LogP contribution < -0.4 is 22.1 Å². The van der Waals surface area contributed by atoms with Crippen molar-refractivity contribution in [1.29, 1.82) is 0 Å². The summed E-state index contributed by atoms with van der Waals surface area (Å²) in [5.41, 5.74) is 14.9. The summed E-state index contributed by atoms with van der Waals surface area (Å²) < 4.78 is 0. The Bertz CT molecular complexity index is 1020. The quantitative estimate of drug-likeness (QED) is 0.355. The molecule has 1 aliphatic rings. The molecule has 1 fully saturated rings. The number of aliphatic hydroxyl groups is 1. The lowest BCUT2D eigenvalue weighted by Gasteiger charge is -2.27. The molecule has 1 amide bonds. The summed E-state index contributed by atoms with van der Waals surface area (Å²) in [5.74, 6) is 1.00. The van der Waals surface area contributed by atoms with Crippen molar-refractivity contribution in [2.45, 2.75) is 25.7 Å². The Labute approximate surface area is 195 Å². The van der Waals surface area contributed by atoms with Gasteiger partial charge in [-0.1, -0.05) is 24.8 Å². The van der Waals surface area contributed by atoms with Crippen molar-refractivity contribution in [3.63, 3.8) is 0 Å². The van der Waals surface area contributed by atoms with E-state index < -0.39 is 0 Å². The predicted octanol–water partition coefficient (Wildman–Crippen LogP) is 2.68. The molecule has 0 saturated heterocycles. The maximum atomic E-state index is 13.2. The number of nitrogens with zero attached hydrogens (tertiary/aromatic N) is 1. The number of carbonyl (C=O) groups is 1. The van der Waals surface area contributed by atoms with E-state index in [0.717, 1.165) is 43.1 Å². The number of rotatable bonds is 10. The maximum Gasteiger partial charge on any atom is 0.252 e. The highest BCUT2D eigenvalue weighted by Crippen LogP contribution is 2.28. The van der Waals surface area contributed by atoms with Crippen LogP contribution in [0.2, 0.25) is 0 Å². The van der Waals surface area contributed by atoms with Crippen molar-refractivity contribution in [3.8, 4) is 0 Å². The number of aliphatic hydroxyl groups excluding tert-OH is 1. The van der Waals surface area contributed by atoms with Gasteiger partial charge in [-0.3, -0.25) is 4.79 Å². The lowest BCUT2D eigenvalue weighted by atomic mass is 9.82. The number of hydrogen-bond donors (Lipinski definition) is 5. The third-order valence-corrected chi connectivity index (χ3v) is 6.22. The van der Waals surface area contributed by atoms with Gasteiger partial charge in [-0.25, -0.2) is 4.98 Å². The number of allylic oxidation sites excluding steroid dienone is 3. The number of benzene rings is 1. The summed E-state index contributed by atoms with van der Waals surface area (Å²) in [6.45, 7) is 5.75. The number of pyridine rings is 1. The molecular formula is C26H35N5O2. The van der Waals surface area contributed by atoms with Gasteiger partial charge in [-0.15, -0.1) is 0 Å². The van der Waals surface area contributed by atoms with E-state index >= 15 is 0 Å². The molecule has 1 saturated carbocycles. The van der Waals surface area contributed by atoms with E-state index in [9.17, 15) is 4.79 Å². The third kappa shape index (κ3) is 6.66. The van der Waals surface area contributed by atoms with E-state index in [1.54, 1.807) is 18.2 Å². The molecule has 0 atom stereocenters.